The zero-order valence-corrected chi connectivity index (χ0v) is 9.71. The Bertz CT molecular complexity index is 769. The number of fused-ring (bicyclic) bond motifs is 1. The molecule has 0 amide bonds. The maximum absolute atomic E-state index is 13.2. The molecular formula is C9H5F3N2O4S. The molecule has 1 aromatic carbocycles. The van der Waals surface area contributed by atoms with Crippen LogP contribution in [0.5, 0.6) is 0 Å². The average Bonchev–Trinajstić information content (AvgIpc) is 2.70. The number of carbonyl (C=O) groups is 1. The third-order valence-corrected chi connectivity index (χ3v) is 3.13. The number of nitrogens with zero attached hydrogens (tertiary/aromatic N) is 1. The molecule has 1 aromatic heterocycles. The minimum absolute atomic E-state index is 0.141. The quantitative estimate of drug-likeness (QED) is 0.838. The van der Waals surface area contributed by atoms with E-state index < -0.39 is 32.8 Å². The summed E-state index contributed by atoms with van der Waals surface area (Å²) in [7, 11) is -6.21. The number of carboxylic acids is 1. The van der Waals surface area contributed by atoms with E-state index in [4.69, 9.17) is 5.11 Å². The summed E-state index contributed by atoms with van der Waals surface area (Å²) >= 11 is 0. The van der Waals surface area contributed by atoms with E-state index in [0.717, 1.165) is 6.07 Å². The Morgan fingerprint density at radius 1 is 1.37 bits per heavy atom. The minimum Gasteiger partial charge on any atom is -0.478 e. The number of H-pyrrole nitrogens is 1. The highest BCUT2D eigenvalue weighted by Crippen LogP contribution is 2.34. The van der Waals surface area contributed by atoms with E-state index in [1.54, 1.807) is 0 Å². The van der Waals surface area contributed by atoms with E-state index >= 15 is 0 Å². The molecule has 0 aliphatic carbocycles. The highest BCUT2D eigenvalue weighted by Gasteiger charge is 2.50. The van der Waals surface area contributed by atoms with Crippen molar-refractivity contribution in [1.82, 2.24) is 9.97 Å². The van der Waals surface area contributed by atoms with E-state index in [2.05, 4.69) is 4.98 Å². The Labute approximate surface area is 104 Å². The Morgan fingerprint density at radius 2 is 2.00 bits per heavy atom. The van der Waals surface area contributed by atoms with Crippen molar-refractivity contribution in [1.29, 1.82) is 0 Å². The van der Waals surface area contributed by atoms with Gasteiger partial charge in [-0.05, 0) is 12.1 Å². The summed E-state index contributed by atoms with van der Waals surface area (Å²) in [6, 6.07) is 3.55. The van der Waals surface area contributed by atoms with Crippen LogP contribution in [0.15, 0.2) is 18.2 Å². The number of aromatic nitrogens is 2. The molecule has 0 saturated carbocycles. The van der Waals surface area contributed by atoms with Gasteiger partial charge < -0.3 is 10.1 Å². The third kappa shape index (κ3) is 2.03. The van der Waals surface area contributed by atoms with Crippen LogP contribution in [0.25, 0.3) is 11.0 Å². The van der Waals surface area contributed by atoms with Crippen molar-refractivity contribution < 1.29 is 31.0 Å². The number of alkyl halides is 2. The summed E-state index contributed by atoms with van der Waals surface area (Å²) in [4.78, 5) is 15.9. The van der Waals surface area contributed by atoms with Gasteiger partial charge in [-0.25, -0.2) is 9.78 Å². The number of carboxylic acid groups (broad SMARTS) is 1. The highest BCUT2D eigenvalue weighted by atomic mass is 32.3. The first-order chi connectivity index (χ1) is 8.64. The molecule has 2 N–H and O–H groups in total. The molecule has 0 bridgehead atoms. The molecular weight excluding hydrogens is 289 g/mol. The maximum atomic E-state index is 13.2. The second kappa shape index (κ2) is 3.95. The first-order valence-corrected chi connectivity index (χ1v) is 6.07. The van der Waals surface area contributed by atoms with Crippen LogP contribution in [-0.4, -0.2) is 29.5 Å². The SMILES string of the molecule is O=C(O)c1cccc2[nH]c(C(F)(F)S(=O)(=O)F)nc12. The summed E-state index contributed by atoms with van der Waals surface area (Å²) < 4.78 is 59.7. The van der Waals surface area contributed by atoms with E-state index in [1.807, 2.05) is 4.98 Å². The van der Waals surface area contributed by atoms with Gasteiger partial charge in [-0.15, -0.1) is 0 Å². The molecule has 2 rings (SSSR count). The molecule has 6 nitrogen and oxygen atoms in total. The Hall–Kier alpha value is -2.10. The molecule has 0 aliphatic rings. The number of para-hydroxylation sites is 1. The second-order valence-corrected chi connectivity index (χ2v) is 4.94. The van der Waals surface area contributed by atoms with Gasteiger partial charge in [-0.3, -0.25) is 0 Å². The van der Waals surface area contributed by atoms with Crippen molar-refractivity contribution in [2.75, 3.05) is 0 Å². The van der Waals surface area contributed by atoms with Crippen LogP contribution in [-0.2, 0) is 15.5 Å². The van der Waals surface area contributed by atoms with Crippen LogP contribution in [0.2, 0.25) is 0 Å². The van der Waals surface area contributed by atoms with Crippen LogP contribution in [0.1, 0.15) is 16.2 Å². The van der Waals surface area contributed by atoms with Crippen molar-refractivity contribution in [3.05, 3.63) is 29.6 Å². The molecule has 0 radical (unpaired) electrons. The van der Waals surface area contributed by atoms with Gasteiger partial charge in [0.1, 0.15) is 5.52 Å². The fourth-order valence-corrected chi connectivity index (χ4v) is 1.79. The first-order valence-electron chi connectivity index (χ1n) is 4.69. The van der Waals surface area contributed by atoms with Gasteiger partial charge >= 0.3 is 21.4 Å². The van der Waals surface area contributed by atoms with Gasteiger partial charge in [0.25, 0.3) is 0 Å². The predicted molar refractivity (Wildman–Crippen MR) is 57.0 cm³/mol. The fourth-order valence-electron chi connectivity index (χ4n) is 1.46. The van der Waals surface area contributed by atoms with E-state index in [9.17, 15) is 25.9 Å². The lowest BCUT2D eigenvalue weighted by molar-refractivity contribution is 0.0697. The summed E-state index contributed by atoms with van der Waals surface area (Å²) in [5, 5.41) is 3.95. The number of halogens is 3. The number of benzene rings is 1. The lowest BCUT2D eigenvalue weighted by Crippen LogP contribution is -2.23. The number of rotatable bonds is 3. The molecule has 0 atom stereocenters. The number of hydrogen-bond acceptors (Lipinski definition) is 4. The Balaban J connectivity index is 2.73. The smallest absolute Gasteiger partial charge is 0.430 e. The van der Waals surface area contributed by atoms with E-state index in [-0.39, 0.29) is 11.0 Å². The van der Waals surface area contributed by atoms with Crippen molar-refractivity contribution >= 4 is 27.2 Å². The Morgan fingerprint density at radius 3 is 2.53 bits per heavy atom. The normalized spacial score (nSPS) is 12.8. The second-order valence-electron chi connectivity index (χ2n) is 3.55. The number of aromatic carboxylic acids is 1. The number of imidazole rings is 1. The minimum atomic E-state index is -6.21. The van der Waals surface area contributed by atoms with Gasteiger partial charge in [0.05, 0.1) is 11.1 Å². The Kier molecular flexibility index (Phi) is 2.77. The highest BCUT2D eigenvalue weighted by molar-refractivity contribution is 7.87. The van der Waals surface area contributed by atoms with Crippen LogP contribution < -0.4 is 0 Å². The largest absolute Gasteiger partial charge is 0.478 e. The molecule has 10 heteroatoms. The summed E-state index contributed by atoms with van der Waals surface area (Å²) in [5.41, 5.74) is -0.932. The van der Waals surface area contributed by atoms with Gasteiger partial charge in [-0.2, -0.15) is 17.2 Å². The molecule has 2 aromatic rings. The van der Waals surface area contributed by atoms with Gasteiger partial charge in [0.2, 0.25) is 0 Å². The summed E-state index contributed by atoms with van der Waals surface area (Å²) in [5.74, 6) is -2.91. The van der Waals surface area contributed by atoms with Crippen LogP contribution in [0.4, 0.5) is 12.7 Å². The molecule has 19 heavy (non-hydrogen) atoms. The molecule has 102 valence electrons. The number of aromatic amines is 1. The molecule has 0 saturated heterocycles. The lowest BCUT2D eigenvalue weighted by Gasteiger charge is -2.06. The van der Waals surface area contributed by atoms with Crippen LogP contribution in [0, 0.1) is 0 Å². The summed E-state index contributed by atoms with van der Waals surface area (Å²) in [6.07, 6.45) is 0. The maximum Gasteiger partial charge on any atom is 0.430 e. The molecule has 0 spiro atoms. The van der Waals surface area contributed by atoms with Crippen LogP contribution in [0.3, 0.4) is 0 Å². The van der Waals surface area contributed by atoms with Gasteiger partial charge in [-0.1, -0.05) is 9.95 Å². The third-order valence-electron chi connectivity index (χ3n) is 2.33. The van der Waals surface area contributed by atoms with Crippen LogP contribution >= 0.6 is 0 Å². The van der Waals surface area contributed by atoms with E-state index in [1.165, 1.54) is 12.1 Å². The molecule has 1 heterocycles. The van der Waals surface area contributed by atoms with Crippen molar-refractivity contribution in [2.45, 2.75) is 5.25 Å². The van der Waals surface area contributed by atoms with Crippen molar-refractivity contribution in [2.24, 2.45) is 0 Å². The standard InChI is InChI=1S/C9H5F3N2O4S/c10-9(11,19(12,17)18)8-13-5-3-1-2-4(7(15)16)6(5)14-8/h1-3H,(H,13,14)(H,15,16). The van der Waals surface area contributed by atoms with Gasteiger partial charge in [0.15, 0.2) is 5.82 Å². The molecule has 0 aliphatic heterocycles. The van der Waals surface area contributed by atoms with Crippen molar-refractivity contribution in [3.8, 4) is 0 Å². The van der Waals surface area contributed by atoms with E-state index in [0.29, 0.717) is 0 Å². The monoisotopic (exact) mass is 294 g/mol. The predicted octanol–water partition coefficient (Wildman–Crippen LogP) is 1.61. The number of hydrogen-bond donors (Lipinski definition) is 2. The van der Waals surface area contributed by atoms with Crippen molar-refractivity contribution in [3.63, 3.8) is 0 Å². The van der Waals surface area contributed by atoms with Gasteiger partial charge in [0, 0.05) is 0 Å². The average molecular weight is 294 g/mol. The zero-order valence-electron chi connectivity index (χ0n) is 8.89. The molecule has 0 fully saturated rings. The lowest BCUT2D eigenvalue weighted by atomic mass is 10.2. The number of nitrogens with one attached hydrogen (secondary N) is 1. The topological polar surface area (TPSA) is 100 Å². The fraction of sp³-hybridized carbons (Fsp3) is 0.111. The zero-order chi connectivity index (χ0) is 14.4. The first kappa shape index (κ1) is 13.3. The summed E-state index contributed by atoms with van der Waals surface area (Å²) in [6.45, 7) is 0. The molecule has 0 unspecified atom stereocenters.